The normalized spacial score (nSPS) is 15.8. The monoisotopic (exact) mass is 335 g/mol. The minimum absolute atomic E-state index is 0.000308. The van der Waals surface area contributed by atoms with Crippen LogP contribution >= 0.6 is 0 Å². The van der Waals surface area contributed by atoms with Crippen LogP contribution in [0.2, 0.25) is 0 Å². The lowest BCUT2D eigenvalue weighted by Gasteiger charge is -2.33. The summed E-state index contributed by atoms with van der Waals surface area (Å²) in [6, 6.07) is 5.08. The number of ether oxygens (including phenoxy) is 3. The van der Waals surface area contributed by atoms with Crippen molar-refractivity contribution < 1.29 is 23.8 Å². The van der Waals surface area contributed by atoms with E-state index in [1.807, 2.05) is 20.8 Å². The Morgan fingerprint density at radius 3 is 2.42 bits per heavy atom. The van der Waals surface area contributed by atoms with Gasteiger partial charge in [-0.05, 0) is 39.0 Å². The first-order chi connectivity index (χ1) is 11.3. The summed E-state index contributed by atoms with van der Waals surface area (Å²) in [7, 11) is 1.54. The first-order valence-electron chi connectivity index (χ1n) is 8.10. The topological polar surface area (TPSA) is 65.1 Å². The van der Waals surface area contributed by atoms with Crippen LogP contribution in [0.25, 0.3) is 0 Å². The molecule has 0 saturated carbocycles. The number of nitrogens with zero attached hydrogens (tertiary/aromatic N) is 1. The summed E-state index contributed by atoms with van der Waals surface area (Å²) in [5, 5.41) is 0. The fourth-order valence-electron chi connectivity index (χ4n) is 2.52. The number of carbonyl (C=O) groups is 2. The van der Waals surface area contributed by atoms with Gasteiger partial charge in [0.25, 0.3) is 0 Å². The van der Waals surface area contributed by atoms with Crippen molar-refractivity contribution in [2.75, 3.05) is 20.2 Å². The zero-order valence-corrected chi connectivity index (χ0v) is 14.7. The molecule has 1 aliphatic heterocycles. The van der Waals surface area contributed by atoms with Crippen LogP contribution in [-0.4, -0.2) is 49.2 Å². The Hall–Kier alpha value is -2.24. The molecule has 0 atom stereocenters. The van der Waals surface area contributed by atoms with Crippen molar-refractivity contribution in [1.82, 2.24) is 4.90 Å². The maximum atomic E-state index is 12.1. The standard InChI is InChI=1S/C18H25NO5/c1-18(2,3)24-17(21)19-9-7-14(8-10-19)23-15-6-5-13(12-20)11-16(15)22-4/h5-6,11-12,14H,7-10H2,1-4H3. The number of hydrogen-bond donors (Lipinski definition) is 0. The number of rotatable bonds is 4. The highest BCUT2D eigenvalue weighted by atomic mass is 16.6. The molecule has 1 fully saturated rings. The summed E-state index contributed by atoms with van der Waals surface area (Å²) in [5.74, 6) is 1.15. The highest BCUT2D eigenvalue weighted by molar-refractivity contribution is 5.76. The van der Waals surface area contributed by atoms with Crippen LogP contribution in [0.3, 0.4) is 0 Å². The lowest BCUT2D eigenvalue weighted by atomic mass is 10.1. The van der Waals surface area contributed by atoms with Gasteiger partial charge in [0.05, 0.1) is 7.11 Å². The van der Waals surface area contributed by atoms with Crippen molar-refractivity contribution in [3.05, 3.63) is 23.8 Å². The Morgan fingerprint density at radius 2 is 1.88 bits per heavy atom. The van der Waals surface area contributed by atoms with Crippen LogP contribution in [0, 0.1) is 0 Å². The smallest absolute Gasteiger partial charge is 0.410 e. The zero-order chi connectivity index (χ0) is 17.7. The SMILES string of the molecule is COc1cc(C=O)ccc1OC1CCN(C(=O)OC(C)(C)C)CC1. The largest absolute Gasteiger partial charge is 0.493 e. The van der Waals surface area contributed by atoms with E-state index in [1.165, 1.54) is 0 Å². The van der Waals surface area contributed by atoms with Crippen LogP contribution in [0.5, 0.6) is 11.5 Å². The molecule has 24 heavy (non-hydrogen) atoms. The quantitative estimate of drug-likeness (QED) is 0.790. The first kappa shape index (κ1) is 18.1. The van der Waals surface area contributed by atoms with Gasteiger partial charge >= 0.3 is 6.09 Å². The molecule has 0 unspecified atom stereocenters. The van der Waals surface area contributed by atoms with Crippen molar-refractivity contribution in [3.63, 3.8) is 0 Å². The van der Waals surface area contributed by atoms with Crippen LogP contribution in [0.1, 0.15) is 44.0 Å². The predicted octanol–water partition coefficient (Wildman–Crippen LogP) is 3.29. The molecule has 1 aliphatic rings. The van der Waals surface area contributed by atoms with Crippen molar-refractivity contribution >= 4 is 12.4 Å². The molecule has 0 aliphatic carbocycles. The van der Waals surface area contributed by atoms with Gasteiger partial charge in [-0.25, -0.2) is 4.79 Å². The highest BCUT2D eigenvalue weighted by Gasteiger charge is 2.28. The Balaban J connectivity index is 1.91. The maximum absolute atomic E-state index is 12.1. The van der Waals surface area contributed by atoms with Gasteiger partial charge in [0.1, 0.15) is 18.0 Å². The molecular weight excluding hydrogens is 310 g/mol. The van der Waals surface area contributed by atoms with Crippen molar-refractivity contribution in [2.24, 2.45) is 0 Å². The number of likely N-dealkylation sites (tertiary alicyclic amines) is 1. The van der Waals surface area contributed by atoms with Crippen LogP contribution < -0.4 is 9.47 Å². The number of amides is 1. The summed E-state index contributed by atoms with van der Waals surface area (Å²) in [5.41, 5.74) is 0.0527. The second-order valence-electron chi connectivity index (χ2n) is 6.81. The number of methoxy groups -OCH3 is 1. The number of hydrogen-bond acceptors (Lipinski definition) is 5. The third-order valence-corrected chi connectivity index (χ3v) is 3.71. The molecular formula is C18H25NO5. The van der Waals surface area contributed by atoms with Crippen molar-refractivity contribution in [2.45, 2.75) is 45.3 Å². The van der Waals surface area contributed by atoms with E-state index >= 15 is 0 Å². The predicted molar refractivity (Wildman–Crippen MR) is 89.8 cm³/mol. The molecule has 132 valence electrons. The Kier molecular flexibility index (Phi) is 5.70. The average molecular weight is 335 g/mol. The third kappa shape index (κ3) is 4.88. The Labute approximate surface area is 142 Å². The van der Waals surface area contributed by atoms with E-state index in [1.54, 1.807) is 30.2 Å². The number of aldehydes is 1. The van der Waals surface area contributed by atoms with Crippen LogP contribution in [0.4, 0.5) is 4.79 Å². The molecule has 1 aromatic rings. The fourth-order valence-corrected chi connectivity index (χ4v) is 2.52. The minimum Gasteiger partial charge on any atom is -0.493 e. The molecule has 0 radical (unpaired) electrons. The minimum atomic E-state index is -0.488. The summed E-state index contributed by atoms with van der Waals surface area (Å²) in [6.07, 6.45) is 1.93. The van der Waals surface area contributed by atoms with Gasteiger partial charge in [0.15, 0.2) is 11.5 Å². The van der Waals surface area contributed by atoms with Gasteiger partial charge in [-0.2, -0.15) is 0 Å². The lowest BCUT2D eigenvalue weighted by Crippen LogP contribution is -2.44. The summed E-state index contributed by atoms with van der Waals surface area (Å²) < 4.78 is 16.6. The number of benzene rings is 1. The first-order valence-corrected chi connectivity index (χ1v) is 8.10. The summed E-state index contributed by atoms with van der Waals surface area (Å²) >= 11 is 0. The molecule has 0 bridgehead atoms. The Bertz CT molecular complexity index is 586. The van der Waals surface area contributed by atoms with E-state index in [4.69, 9.17) is 14.2 Å². The van der Waals surface area contributed by atoms with Gasteiger partial charge in [-0.3, -0.25) is 4.79 Å². The van der Waals surface area contributed by atoms with E-state index in [2.05, 4.69) is 0 Å². The molecule has 2 rings (SSSR count). The van der Waals surface area contributed by atoms with Gasteiger partial charge < -0.3 is 19.1 Å². The van der Waals surface area contributed by atoms with Crippen LogP contribution in [0.15, 0.2) is 18.2 Å². The van der Waals surface area contributed by atoms with E-state index in [0.717, 1.165) is 19.1 Å². The van der Waals surface area contributed by atoms with E-state index in [9.17, 15) is 9.59 Å². The molecule has 1 heterocycles. The van der Waals surface area contributed by atoms with Gasteiger partial charge in [0, 0.05) is 31.5 Å². The highest BCUT2D eigenvalue weighted by Crippen LogP contribution is 2.30. The van der Waals surface area contributed by atoms with Crippen LogP contribution in [-0.2, 0) is 4.74 Å². The third-order valence-electron chi connectivity index (χ3n) is 3.71. The van der Waals surface area contributed by atoms with Crippen molar-refractivity contribution in [1.29, 1.82) is 0 Å². The second kappa shape index (κ2) is 7.55. The molecule has 6 nitrogen and oxygen atoms in total. The van der Waals surface area contributed by atoms with Gasteiger partial charge in [0.2, 0.25) is 0 Å². The number of piperidine rings is 1. The molecule has 0 aromatic heterocycles. The maximum Gasteiger partial charge on any atom is 0.410 e. The van der Waals surface area contributed by atoms with Gasteiger partial charge in [-0.15, -0.1) is 0 Å². The van der Waals surface area contributed by atoms with E-state index in [-0.39, 0.29) is 12.2 Å². The molecule has 0 N–H and O–H groups in total. The fraction of sp³-hybridized carbons (Fsp3) is 0.556. The number of carbonyl (C=O) groups excluding carboxylic acids is 2. The van der Waals surface area contributed by atoms with Crippen molar-refractivity contribution in [3.8, 4) is 11.5 Å². The average Bonchev–Trinajstić information content (AvgIpc) is 2.54. The molecule has 1 saturated heterocycles. The summed E-state index contributed by atoms with van der Waals surface area (Å²) in [4.78, 5) is 24.6. The van der Waals surface area contributed by atoms with E-state index < -0.39 is 5.60 Å². The van der Waals surface area contributed by atoms with Gasteiger partial charge in [-0.1, -0.05) is 0 Å². The zero-order valence-electron chi connectivity index (χ0n) is 14.7. The molecule has 1 aromatic carbocycles. The second-order valence-corrected chi connectivity index (χ2v) is 6.81. The van der Waals surface area contributed by atoms with E-state index in [0.29, 0.717) is 30.2 Å². The molecule has 6 heteroatoms. The molecule has 0 spiro atoms. The lowest BCUT2D eigenvalue weighted by molar-refractivity contribution is 0.0124. The Morgan fingerprint density at radius 1 is 1.21 bits per heavy atom. The molecule has 1 amide bonds. The summed E-state index contributed by atoms with van der Waals surface area (Å²) in [6.45, 7) is 6.75.